The second kappa shape index (κ2) is 4.47. The number of hydrogen-bond donors (Lipinski definition) is 2. The number of phenolic OH excluding ortho intramolecular Hbond substituents is 1. The summed E-state index contributed by atoms with van der Waals surface area (Å²) in [5.74, 6) is -0.443. The number of ether oxygens (including phenoxy) is 1. The van der Waals surface area contributed by atoms with Crippen LogP contribution in [0.25, 0.3) is 0 Å². The molecule has 1 aromatic rings. The number of phenols is 1. The van der Waals surface area contributed by atoms with Crippen LogP contribution in [0.4, 0.5) is 4.39 Å². The van der Waals surface area contributed by atoms with Crippen LogP contribution in [-0.2, 0) is 0 Å². The topological polar surface area (TPSA) is 41.5 Å². The third kappa shape index (κ3) is 1.83. The van der Waals surface area contributed by atoms with E-state index in [-0.39, 0.29) is 22.4 Å². The molecule has 2 N–H and O–H groups in total. The largest absolute Gasteiger partial charge is 0.504 e. The van der Waals surface area contributed by atoms with Crippen LogP contribution in [0.15, 0.2) is 6.07 Å². The monoisotopic (exact) mass is 245 g/mol. The Morgan fingerprint density at radius 1 is 1.62 bits per heavy atom. The van der Waals surface area contributed by atoms with Crippen molar-refractivity contribution >= 4 is 11.6 Å². The zero-order chi connectivity index (χ0) is 11.7. The molecule has 0 amide bonds. The lowest BCUT2D eigenvalue weighted by Crippen LogP contribution is -2.09. The van der Waals surface area contributed by atoms with Gasteiger partial charge in [0.2, 0.25) is 0 Å². The van der Waals surface area contributed by atoms with Crippen LogP contribution in [0.2, 0.25) is 5.02 Å². The van der Waals surface area contributed by atoms with Gasteiger partial charge in [-0.05, 0) is 13.0 Å². The molecule has 88 valence electrons. The molecule has 0 aliphatic carbocycles. The van der Waals surface area contributed by atoms with Crippen LogP contribution < -0.4 is 10.1 Å². The number of halogens is 2. The summed E-state index contributed by atoms with van der Waals surface area (Å²) in [6.07, 6.45) is 0.833. The lowest BCUT2D eigenvalue weighted by Gasteiger charge is -2.16. The molecule has 1 aliphatic rings. The molecule has 1 aromatic carbocycles. The third-order valence-corrected chi connectivity index (χ3v) is 3.27. The number of rotatable bonds is 2. The van der Waals surface area contributed by atoms with Gasteiger partial charge >= 0.3 is 0 Å². The Hall–Kier alpha value is -1.00. The quantitative estimate of drug-likeness (QED) is 0.840. The van der Waals surface area contributed by atoms with Gasteiger partial charge < -0.3 is 15.2 Å². The highest BCUT2D eigenvalue weighted by Gasteiger charge is 2.26. The van der Waals surface area contributed by atoms with E-state index >= 15 is 0 Å². The molecule has 2 rings (SSSR count). The van der Waals surface area contributed by atoms with E-state index in [2.05, 4.69) is 5.32 Å². The van der Waals surface area contributed by atoms with Crippen molar-refractivity contribution in [2.24, 2.45) is 0 Å². The van der Waals surface area contributed by atoms with Crippen molar-refractivity contribution < 1.29 is 14.2 Å². The standard InChI is InChI=1S/C11H13ClFNO2/c1-16-8-4-7(13)10(12)9(11(8)15)6-2-3-14-5-6/h4,6,14-15H,2-3,5H2,1H3. The maximum Gasteiger partial charge on any atom is 0.163 e. The van der Waals surface area contributed by atoms with E-state index in [4.69, 9.17) is 16.3 Å². The molecule has 16 heavy (non-hydrogen) atoms. The van der Waals surface area contributed by atoms with Gasteiger partial charge in [-0.1, -0.05) is 11.6 Å². The first-order valence-electron chi connectivity index (χ1n) is 5.10. The number of aromatic hydroxyl groups is 1. The van der Waals surface area contributed by atoms with Crippen molar-refractivity contribution in [1.82, 2.24) is 5.32 Å². The molecule has 1 aliphatic heterocycles. The second-order valence-corrected chi connectivity index (χ2v) is 4.20. The fourth-order valence-corrected chi connectivity index (χ4v) is 2.34. The Kier molecular flexibility index (Phi) is 3.21. The van der Waals surface area contributed by atoms with Crippen LogP contribution in [0.5, 0.6) is 11.5 Å². The summed E-state index contributed by atoms with van der Waals surface area (Å²) >= 11 is 5.89. The molecule has 1 saturated heterocycles. The molecular formula is C11H13ClFNO2. The molecule has 0 radical (unpaired) electrons. The van der Waals surface area contributed by atoms with E-state index in [9.17, 15) is 9.50 Å². The van der Waals surface area contributed by atoms with Crippen LogP contribution in [-0.4, -0.2) is 25.3 Å². The minimum atomic E-state index is -0.557. The summed E-state index contributed by atoms with van der Waals surface area (Å²) in [5, 5.41) is 13.1. The fraction of sp³-hybridized carbons (Fsp3) is 0.455. The minimum absolute atomic E-state index is 0.00741. The summed E-state index contributed by atoms with van der Waals surface area (Å²) in [7, 11) is 1.39. The summed E-state index contributed by atoms with van der Waals surface area (Å²) in [5.41, 5.74) is 0.448. The SMILES string of the molecule is COc1cc(F)c(Cl)c(C2CCNC2)c1O. The van der Waals surface area contributed by atoms with Crippen molar-refractivity contribution in [3.05, 3.63) is 22.5 Å². The molecule has 1 unspecified atom stereocenters. The molecule has 1 atom stereocenters. The average molecular weight is 246 g/mol. The highest BCUT2D eigenvalue weighted by Crippen LogP contribution is 2.42. The van der Waals surface area contributed by atoms with Crippen molar-refractivity contribution in [2.45, 2.75) is 12.3 Å². The van der Waals surface area contributed by atoms with Gasteiger partial charge in [0.15, 0.2) is 11.5 Å². The van der Waals surface area contributed by atoms with Gasteiger partial charge in [-0.2, -0.15) is 0 Å². The predicted molar refractivity (Wildman–Crippen MR) is 59.9 cm³/mol. The Morgan fingerprint density at radius 3 is 2.94 bits per heavy atom. The maximum absolute atomic E-state index is 13.5. The van der Waals surface area contributed by atoms with E-state index in [0.717, 1.165) is 19.0 Å². The maximum atomic E-state index is 13.5. The molecule has 0 bridgehead atoms. The zero-order valence-electron chi connectivity index (χ0n) is 8.89. The lowest BCUT2D eigenvalue weighted by molar-refractivity contribution is 0.365. The lowest BCUT2D eigenvalue weighted by atomic mass is 9.96. The Balaban J connectivity index is 2.52. The minimum Gasteiger partial charge on any atom is -0.504 e. The van der Waals surface area contributed by atoms with Gasteiger partial charge in [0.25, 0.3) is 0 Å². The number of nitrogens with one attached hydrogen (secondary N) is 1. The van der Waals surface area contributed by atoms with E-state index in [1.54, 1.807) is 0 Å². The highest BCUT2D eigenvalue weighted by atomic mass is 35.5. The van der Waals surface area contributed by atoms with Crippen molar-refractivity contribution in [3.8, 4) is 11.5 Å². The smallest absolute Gasteiger partial charge is 0.163 e. The Bertz CT molecular complexity index is 405. The molecule has 1 heterocycles. The predicted octanol–water partition coefficient (Wildman–Crippen LogP) is 2.27. The molecule has 1 fully saturated rings. The van der Waals surface area contributed by atoms with Crippen molar-refractivity contribution in [3.63, 3.8) is 0 Å². The summed E-state index contributed by atoms with van der Waals surface area (Å²) in [6.45, 7) is 1.54. The molecule has 5 heteroatoms. The zero-order valence-corrected chi connectivity index (χ0v) is 9.64. The van der Waals surface area contributed by atoms with Crippen molar-refractivity contribution in [2.75, 3.05) is 20.2 Å². The number of methoxy groups -OCH3 is 1. The molecule has 0 aromatic heterocycles. The Morgan fingerprint density at radius 2 is 2.38 bits per heavy atom. The number of benzene rings is 1. The number of hydrogen-bond acceptors (Lipinski definition) is 3. The van der Waals surface area contributed by atoms with Crippen LogP contribution in [0.1, 0.15) is 17.9 Å². The van der Waals surface area contributed by atoms with E-state index in [1.807, 2.05) is 0 Å². The van der Waals surface area contributed by atoms with E-state index in [1.165, 1.54) is 7.11 Å². The summed E-state index contributed by atoms with van der Waals surface area (Å²) in [4.78, 5) is 0. The molecule has 0 saturated carbocycles. The van der Waals surface area contributed by atoms with Gasteiger partial charge in [-0.3, -0.25) is 0 Å². The first-order chi connectivity index (χ1) is 7.65. The van der Waals surface area contributed by atoms with E-state index in [0.29, 0.717) is 12.1 Å². The van der Waals surface area contributed by atoms with Gasteiger partial charge in [0.1, 0.15) is 5.82 Å². The second-order valence-electron chi connectivity index (χ2n) is 3.83. The van der Waals surface area contributed by atoms with Crippen LogP contribution in [0.3, 0.4) is 0 Å². The van der Waals surface area contributed by atoms with Gasteiger partial charge in [0, 0.05) is 24.1 Å². The highest BCUT2D eigenvalue weighted by molar-refractivity contribution is 6.31. The normalized spacial score (nSPS) is 20.1. The molecule has 0 spiro atoms. The first-order valence-corrected chi connectivity index (χ1v) is 5.48. The third-order valence-electron chi connectivity index (χ3n) is 2.88. The van der Waals surface area contributed by atoms with Crippen LogP contribution in [0, 0.1) is 5.82 Å². The fourth-order valence-electron chi connectivity index (χ4n) is 2.04. The molecular weight excluding hydrogens is 233 g/mol. The Labute approximate surface area is 98.2 Å². The van der Waals surface area contributed by atoms with Gasteiger partial charge in [0.05, 0.1) is 12.1 Å². The van der Waals surface area contributed by atoms with Crippen molar-refractivity contribution in [1.29, 1.82) is 0 Å². The van der Waals surface area contributed by atoms with Gasteiger partial charge in [-0.15, -0.1) is 0 Å². The summed E-state index contributed by atoms with van der Waals surface area (Å²) < 4.78 is 18.4. The average Bonchev–Trinajstić information content (AvgIpc) is 2.77. The molecule has 3 nitrogen and oxygen atoms in total. The van der Waals surface area contributed by atoms with Crippen LogP contribution >= 0.6 is 11.6 Å². The van der Waals surface area contributed by atoms with E-state index < -0.39 is 5.82 Å². The van der Waals surface area contributed by atoms with Gasteiger partial charge in [-0.25, -0.2) is 4.39 Å². The summed E-state index contributed by atoms with van der Waals surface area (Å²) in [6, 6.07) is 1.10. The first kappa shape index (κ1) is 11.5.